The van der Waals surface area contributed by atoms with Crippen LogP contribution in [0.5, 0.6) is 11.6 Å². The van der Waals surface area contributed by atoms with E-state index < -0.39 is 31.3 Å². The molecule has 10 nitrogen and oxygen atoms in total. The number of amides is 2. The molecule has 15 heteroatoms. The minimum Gasteiger partial charge on any atom is -0.491 e. The van der Waals surface area contributed by atoms with Crippen LogP contribution in [0.3, 0.4) is 0 Å². The summed E-state index contributed by atoms with van der Waals surface area (Å²) in [5.41, 5.74) is -5.84. The highest BCUT2D eigenvalue weighted by Gasteiger charge is 2.48. The molecule has 3 rings (SSSR count). The molecule has 2 aromatic rings. The van der Waals surface area contributed by atoms with Gasteiger partial charge in [0, 0.05) is 6.07 Å². The minimum atomic E-state index is -5.76. The average Bonchev–Trinajstić information content (AvgIpc) is 2.73. The van der Waals surface area contributed by atoms with E-state index in [2.05, 4.69) is 20.6 Å². The number of nitriles is 1. The largest absolute Gasteiger partial charge is 0.501 e. The van der Waals surface area contributed by atoms with Gasteiger partial charge in [-0.15, -0.1) is 0 Å². The van der Waals surface area contributed by atoms with Gasteiger partial charge in [0.1, 0.15) is 11.8 Å². The zero-order valence-corrected chi connectivity index (χ0v) is 18.1. The van der Waals surface area contributed by atoms with E-state index in [9.17, 15) is 26.4 Å². The van der Waals surface area contributed by atoms with E-state index >= 15 is 0 Å². The zero-order chi connectivity index (χ0) is 24.2. The lowest BCUT2D eigenvalue weighted by Gasteiger charge is -2.16. The molecule has 0 radical (unpaired) electrons. The van der Waals surface area contributed by atoms with Gasteiger partial charge in [-0.25, -0.2) is 18.2 Å². The summed E-state index contributed by atoms with van der Waals surface area (Å²) in [4.78, 5) is 19.1. The van der Waals surface area contributed by atoms with Crippen LogP contribution in [-0.4, -0.2) is 43.1 Å². The first kappa shape index (κ1) is 24.3. The van der Waals surface area contributed by atoms with Gasteiger partial charge in [0.25, 0.3) is 15.7 Å². The predicted molar refractivity (Wildman–Crippen MR) is 109 cm³/mol. The van der Waals surface area contributed by atoms with Crippen molar-refractivity contribution in [2.24, 2.45) is 0 Å². The summed E-state index contributed by atoms with van der Waals surface area (Å²) < 4.78 is 73.7. The number of fused-ring (bicyclic) bond motifs is 3. The van der Waals surface area contributed by atoms with Crippen molar-refractivity contribution >= 4 is 39.0 Å². The second-order valence-corrected chi connectivity index (χ2v) is 8.90. The molecule has 2 N–H and O–H groups in total. The van der Waals surface area contributed by atoms with Gasteiger partial charge in [-0.3, -0.25) is 5.32 Å². The van der Waals surface area contributed by atoms with Crippen molar-refractivity contribution in [2.45, 2.75) is 29.7 Å². The molecule has 0 aliphatic carbocycles. The van der Waals surface area contributed by atoms with Gasteiger partial charge in [-0.05, 0) is 25.3 Å². The first-order valence-corrected chi connectivity index (χ1v) is 11.1. The number of carbonyl (C=O) groups is 1. The number of hydrogen-bond donors (Lipinski definition) is 2. The number of nitrogens with zero attached hydrogens (tertiary/aromatic N) is 3. The summed E-state index contributed by atoms with van der Waals surface area (Å²) in [5.74, 6) is -0.483. The molecule has 2 bridgehead atoms. The number of ether oxygens (including phenoxy) is 2. The van der Waals surface area contributed by atoms with Crippen molar-refractivity contribution < 1.29 is 35.9 Å². The van der Waals surface area contributed by atoms with Crippen LogP contribution < -0.4 is 20.1 Å². The smallest absolute Gasteiger partial charge is 0.491 e. The number of sulfone groups is 1. The summed E-state index contributed by atoms with van der Waals surface area (Å²) in [5, 5.41) is 13.0. The molecule has 2 heterocycles. The Balaban J connectivity index is 1.99. The van der Waals surface area contributed by atoms with E-state index in [1.165, 1.54) is 0 Å². The monoisotopic (exact) mass is 505 g/mol. The Morgan fingerprint density at radius 2 is 1.82 bits per heavy atom. The highest BCUT2D eigenvalue weighted by atomic mass is 35.5. The Labute approximate surface area is 190 Å². The number of alkyl halides is 3. The normalized spacial score (nSPS) is 15.3. The molecule has 0 fully saturated rings. The van der Waals surface area contributed by atoms with E-state index in [-0.39, 0.29) is 42.0 Å². The first-order valence-electron chi connectivity index (χ1n) is 9.28. The lowest BCUT2D eigenvalue weighted by molar-refractivity contribution is -0.0436. The van der Waals surface area contributed by atoms with E-state index in [0.29, 0.717) is 25.3 Å². The number of anilines is 2. The maximum absolute atomic E-state index is 13.0. The zero-order valence-electron chi connectivity index (χ0n) is 16.6. The molecular formula is C18H15ClF3N5O5S. The molecule has 0 saturated carbocycles. The van der Waals surface area contributed by atoms with Crippen LogP contribution in [0.2, 0.25) is 5.02 Å². The lowest BCUT2D eigenvalue weighted by Crippen LogP contribution is -2.24. The maximum atomic E-state index is 13.0. The summed E-state index contributed by atoms with van der Waals surface area (Å²) in [6.07, 6.45) is 2.62. The number of hydrogen-bond acceptors (Lipinski definition) is 8. The summed E-state index contributed by atoms with van der Waals surface area (Å²) in [6.45, 7) is 0.180. The van der Waals surface area contributed by atoms with Crippen LogP contribution in [0.15, 0.2) is 23.2 Å². The highest BCUT2D eigenvalue weighted by Crippen LogP contribution is 2.39. The Bertz CT molecular complexity index is 1220. The van der Waals surface area contributed by atoms with E-state index in [4.69, 9.17) is 26.3 Å². The van der Waals surface area contributed by atoms with Crippen LogP contribution in [0, 0.1) is 11.3 Å². The molecule has 33 heavy (non-hydrogen) atoms. The molecule has 0 spiro atoms. The Kier molecular flexibility index (Phi) is 7.13. The molecule has 0 unspecified atom stereocenters. The third-order valence-electron chi connectivity index (χ3n) is 4.25. The number of nitrogens with one attached hydrogen (secondary N) is 2. The van der Waals surface area contributed by atoms with Crippen molar-refractivity contribution in [2.75, 3.05) is 23.8 Å². The molecule has 0 saturated heterocycles. The van der Waals surface area contributed by atoms with Crippen molar-refractivity contribution in [1.29, 1.82) is 5.26 Å². The summed E-state index contributed by atoms with van der Waals surface area (Å²) in [6, 6.07) is 2.36. The average molecular weight is 506 g/mol. The fourth-order valence-corrected chi connectivity index (χ4v) is 3.99. The summed E-state index contributed by atoms with van der Waals surface area (Å²) in [7, 11) is -5.76. The van der Waals surface area contributed by atoms with Crippen LogP contribution in [0.4, 0.5) is 29.5 Å². The number of carbonyl (C=O) groups excluding carboxylic acids is 1. The second kappa shape index (κ2) is 9.67. The quantitative estimate of drug-likeness (QED) is 0.594. The molecule has 176 valence electrons. The van der Waals surface area contributed by atoms with Crippen molar-refractivity contribution in [3.05, 3.63) is 29.0 Å². The SMILES string of the molecule is N#Cc1ncc2nc1OCCCCCOc1cc(S(=O)(=O)C(F)(F)F)c(Cl)cc1NC(=O)N2. The number of aromatic nitrogens is 2. The fraction of sp³-hybridized carbons (Fsp3) is 0.333. The molecule has 1 aliphatic rings. The molecule has 1 aliphatic heterocycles. The number of rotatable bonds is 1. The van der Waals surface area contributed by atoms with Crippen LogP contribution in [0.1, 0.15) is 25.0 Å². The highest BCUT2D eigenvalue weighted by molar-refractivity contribution is 7.92. The van der Waals surface area contributed by atoms with Crippen molar-refractivity contribution in [3.63, 3.8) is 0 Å². The Hall–Kier alpha value is -3.31. The number of urea groups is 1. The van der Waals surface area contributed by atoms with Crippen molar-refractivity contribution in [1.82, 2.24) is 9.97 Å². The maximum Gasteiger partial charge on any atom is 0.501 e. The molecular weight excluding hydrogens is 491 g/mol. The van der Waals surface area contributed by atoms with Crippen LogP contribution >= 0.6 is 11.6 Å². The van der Waals surface area contributed by atoms with E-state index in [1.54, 1.807) is 0 Å². The summed E-state index contributed by atoms with van der Waals surface area (Å²) >= 11 is 5.81. The molecule has 1 aromatic heterocycles. The van der Waals surface area contributed by atoms with Crippen LogP contribution in [-0.2, 0) is 9.84 Å². The van der Waals surface area contributed by atoms with Gasteiger partial charge < -0.3 is 14.8 Å². The van der Waals surface area contributed by atoms with Gasteiger partial charge in [0.2, 0.25) is 5.69 Å². The standard InChI is InChI=1S/C18H15ClF3N5O5S/c19-10-6-11-13(7-14(10)33(29,30)18(20,21)22)31-4-2-1-3-5-32-16-12(8-23)24-9-15(26-16)27-17(28)25-11/h6-7,9H,1-5H2,(H2,25,26,27,28). The van der Waals surface area contributed by atoms with Gasteiger partial charge in [-0.1, -0.05) is 11.6 Å². The van der Waals surface area contributed by atoms with Gasteiger partial charge in [0.05, 0.1) is 35.0 Å². The van der Waals surface area contributed by atoms with Crippen molar-refractivity contribution in [3.8, 4) is 17.7 Å². The second-order valence-electron chi connectivity index (χ2n) is 6.59. The third kappa shape index (κ3) is 5.55. The minimum absolute atomic E-state index is 0.000437. The number of benzene rings is 1. The molecule has 0 atom stereocenters. The lowest BCUT2D eigenvalue weighted by atomic mass is 10.2. The first-order chi connectivity index (χ1) is 15.5. The van der Waals surface area contributed by atoms with E-state index in [1.807, 2.05) is 6.07 Å². The molecule has 2 amide bonds. The Morgan fingerprint density at radius 1 is 1.12 bits per heavy atom. The van der Waals surface area contributed by atoms with Gasteiger partial charge >= 0.3 is 11.5 Å². The van der Waals surface area contributed by atoms with Crippen LogP contribution in [0.25, 0.3) is 0 Å². The van der Waals surface area contributed by atoms with Gasteiger partial charge in [0.15, 0.2) is 5.82 Å². The number of halogens is 4. The topological polar surface area (TPSA) is 143 Å². The molecule has 1 aromatic carbocycles. The predicted octanol–water partition coefficient (Wildman–Crippen LogP) is 3.88. The Morgan fingerprint density at radius 3 is 2.48 bits per heavy atom. The van der Waals surface area contributed by atoms with Gasteiger partial charge in [-0.2, -0.15) is 23.4 Å². The fourth-order valence-electron chi connectivity index (χ4n) is 2.69. The third-order valence-corrected chi connectivity index (χ3v) is 6.20. The van der Waals surface area contributed by atoms with E-state index in [0.717, 1.165) is 12.3 Å².